The SMILES string of the molecule is COc1ccc(CNC(=O)NCC(C)(C)N2C[C@@H](C)O[C@H](C)C2)cc1OC. The second-order valence-electron chi connectivity index (χ2n) is 7.70. The van der Waals surface area contributed by atoms with Gasteiger partial charge < -0.3 is 24.8 Å². The zero-order chi connectivity index (χ0) is 20.0. The molecule has 0 spiro atoms. The second-order valence-corrected chi connectivity index (χ2v) is 7.70. The normalized spacial score (nSPS) is 20.8. The van der Waals surface area contributed by atoms with Gasteiger partial charge in [-0.15, -0.1) is 0 Å². The topological polar surface area (TPSA) is 72.1 Å². The van der Waals surface area contributed by atoms with E-state index in [1.54, 1.807) is 14.2 Å². The van der Waals surface area contributed by atoms with E-state index in [1.807, 2.05) is 18.2 Å². The van der Waals surface area contributed by atoms with Gasteiger partial charge in [-0.1, -0.05) is 6.07 Å². The third-order valence-corrected chi connectivity index (χ3v) is 4.86. The van der Waals surface area contributed by atoms with Crippen molar-refractivity contribution < 1.29 is 19.0 Å². The standard InChI is InChI=1S/C20H33N3O4/c1-14-11-23(12-15(2)27-14)20(3,4)13-22-19(24)21-10-16-7-8-17(25-5)18(9-16)26-6/h7-9,14-15H,10-13H2,1-6H3,(H2,21,22,24)/t14-,15-/m1/s1. The molecule has 2 N–H and O–H groups in total. The molecular formula is C20H33N3O4. The molecule has 152 valence electrons. The molecule has 2 amide bonds. The van der Waals surface area contributed by atoms with Crippen LogP contribution in [0.2, 0.25) is 0 Å². The number of benzene rings is 1. The van der Waals surface area contributed by atoms with Crippen LogP contribution in [0.1, 0.15) is 33.3 Å². The number of urea groups is 1. The Bertz CT molecular complexity index is 626. The molecule has 1 aliphatic heterocycles. The Morgan fingerprint density at radius 1 is 1.15 bits per heavy atom. The summed E-state index contributed by atoms with van der Waals surface area (Å²) in [4.78, 5) is 14.6. The summed E-state index contributed by atoms with van der Waals surface area (Å²) < 4.78 is 16.3. The van der Waals surface area contributed by atoms with Gasteiger partial charge in [0.15, 0.2) is 11.5 Å². The Morgan fingerprint density at radius 2 is 1.78 bits per heavy atom. The molecule has 7 heteroatoms. The molecule has 1 heterocycles. The van der Waals surface area contributed by atoms with E-state index in [2.05, 4.69) is 43.2 Å². The number of nitrogens with zero attached hydrogens (tertiary/aromatic N) is 1. The van der Waals surface area contributed by atoms with E-state index in [9.17, 15) is 4.79 Å². The van der Waals surface area contributed by atoms with Gasteiger partial charge in [0.1, 0.15) is 0 Å². The van der Waals surface area contributed by atoms with E-state index < -0.39 is 0 Å². The highest BCUT2D eigenvalue weighted by molar-refractivity contribution is 5.73. The summed E-state index contributed by atoms with van der Waals surface area (Å²) in [5, 5.41) is 5.87. The fourth-order valence-electron chi connectivity index (χ4n) is 3.32. The van der Waals surface area contributed by atoms with Gasteiger partial charge in [-0.2, -0.15) is 0 Å². The van der Waals surface area contributed by atoms with Crippen LogP contribution in [-0.2, 0) is 11.3 Å². The molecule has 7 nitrogen and oxygen atoms in total. The number of nitrogens with one attached hydrogen (secondary N) is 2. The maximum absolute atomic E-state index is 12.2. The highest BCUT2D eigenvalue weighted by atomic mass is 16.5. The lowest BCUT2D eigenvalue weighted by molar-refractivity contribution is -0.0947. The van der Waals surface area contributed by atoms with Gasteiger partial charge in [0, 0.05) is 31.7 Å². The monoisotopic (exact) mass is 379 g/mol. The molecule has 2 atom stereocenters. The van der Waals surface area contributed by atoms with Crippen LogP contribution < -0.4 is 20.1 Å². The summed E-state index contributed by atoms with van der Waals surface area (Å²) in [6.07, 6.45) is 0.402. The molecule has 0 saturated carbocycles. The Labute approximate surface area is 162 Å². The average Bonchev–Trinajstić information content (AvgIpc) is 2.63. The number of hydrogen-bond acceptors (Lipinski definition) is 5. The Morgan fingerprint density at radius 3 is 2.37 bits per heavy atom. The number of amides is 2. The Balaban J connectivity index is 1.83. The zero-order valence-electron chi connectivity index (χ0n) is 17.3. The van der Waals surface area contributed by atoms with Crippen molar-refractivity contribution in [1.29, 1.82) is 0 Å². The van der Waals surface area contributed by atoms with Crippen LogP contribution in [0, 0.1) is 0 Å². The molecule has 27 heavy (non-hydrogen) atoms. The maximum atomic E-state index is 12.2. The number of ether oxygens (including phenoxy) is 3. The molecule has 0 bridgehead atoms. The predicted molar refractivity (Wildman–Crippen MR) is 105 cm³/mol. The molecular weight excluding hydrogens is 346 g/mol. The minimum absolute atomic E-state index is 0.146. The highest BCUT2D eigenvalue weighted by Gasteiger charge is 2.33. The molecule has 0 aromatic heterocycles. The molecule has 0 unspecified atom stereocenters. The van der Waals surface area contributed by atoms with Crippen molar-refractivity contribution in [3.8, 4) is 11.5 Å². The quantitative estimate of drug-likeness (QED) is 0.761. The first-order chi connectivity index (χ1) is 12.7. The van der Waals surface area contributed by atoms with Gasteiger partial charge in [-0.05, 0) is 45.4 Å². The summed E-state index contributed by atoms with van der Waals surface area (Å²) in [6, 6.07) is 5.41. The molecule has 1 fully saturated rings. The smallest absolute Gasteiger partial charge is 0.315 e. The van der Waals surface area contributed by atoms with Crippen LogP contribution in [0.5, 0.6) is 11.5 Å². The zero-order valence-corrected chi connectivity index (χ0v) is 17.3. The lowest BCUT2D eigenvalue weighted by atomic mass is 10.00. The second kappa shape index (κ2) is 9.28. The summed E-state index contributed by atoms with van der Waals surface area (Å²) in [7, 11) is 3.19. The first kappa shape index (κ1) is 21.3. The van der Waals surface area contributed by atoms with Crippen LogP contribution in [-0.4, -0.2) is 62.5 Å². The van der Waals surface area contributed by atoms with Gasteiger partial charge in [0.2, 0.25) is 0 Å². The van der Waals surface area contributed by atoms with Crippen molar-refractivity contribution in [1.82, 2.24) is 15.5 Å². The Kier molecular flexibility index (Phi) is 7.33. The van der Waals surface area contributed by atoms with E-state index in [0.29, 0.717) is 24.6 Å². The largest absolute Gasteiger partial charge is 0.493 e. The van der Waals surface area contributed by atoms with Gasteiger partial charge in [0.25, 0.3) is 0 Å². The van der Waals surface area contributed by atoms with Crippen molar-refractivity contribution in [3.05, 3.63) is 23.8 Å². The number of carbonyl (C=O) groups is 1. The molecule has 2 rings (SSSR count). The van der Waals surface area contributed by atoms with E-state index in [0.717, 1.165) is 18.7 Å². The average molecular weight is 380 g/mol. The van der Waals surface area contributed by atoms with Crippen LogP contribution in [0.3, 0.4) is 0 Å². The van der Waals surface area contributed by atoms with Crippen molar-refractivity contribution >= 4 is 6.03 Å². The predicted octanol–water partition coefficient (Wildman–Crippen LogP) is 2.39. The fourth-order valence-corrected chi connectivity index (χ4v) is 3.32. The Hall–Kier alpha value is -1.99. The number of hydrogen-bond donors (Lipinski definition) is 2. The van der Waals surface area contributed by atoms with E-state index in [-0.39, 0.29) is 23.8 Å². The molecule has 0 aliphatic carbocycles. The van der Waals surface area contributed by atoms with E-state index >= 15 is 0 Å². The van der Waals surface area contributed by atoms with Crippen LogP contribution >= 0.6 is 0 Å². The van der Waals surface area contributed by atoms with Crippen molar-refractivity contribution in [2.24, 2.45) is 0 Å². The van der Waals surface area contributed by atoms with E-state index in [4.69, 9.17) is 14.2 Å². The maximum Gasteiger partial charge on any atom is 0.315 e. The fraction of sp³-hybridized carbons (Fsp3) is 0.650. The van der Waals surface area contributed by atoms with Crippen molar-refractivity contribution in [2.45, 2.75) is 52.0 Å². The third kappa shape index (κ3) is 6.01. The highest BCUT2D eigenvalue weighted by Crippen LogP contribution is 2.27. The third-order valence-electron chi connectivity index (χ3n) is 4.86. The van der Waals surface area contributed by atoms with Crippen LogP contribution in [0.15, 0.2) is 18.2 Å². The van der Waals surface area contributed by atoms with Gasteiger partial charge in [-0.25, -0.2) is 4.79 Å². The minimum Gasteiger partial charge on any atom is -0.493 e. The van der Waals surface area contributed by atoms with Crippen molar-refractivity contribution in [3.63, 3.8) is 0 Å². The van der Waals surface area contributed by atoms with Crippen LogP contribution in [0.25, 0.3) is 0 Å². The molecule has 1 aliphatic rings. The molecule has 1 aromatic rings. The molecule has 0 radical (unpaired) electrons. The van der Waals surface area contributed by atoms with E-state index in [1.165, 1.54) is 0 Å². The van der Waals surface area contributed by atoms with Gasteiger partial charge in [-0.3, -0.25) is 4.90 Å². The summed E-state index contributed by atoms with van der Waals surface area (Å²) >= 11 is 0. The number of morpholine rings is 1. The lowest BCUT2D eigenvalue weighted by Crippen LogP contribution is -2.59. The molecule has 1 aromatic carbocycles. The van der Waals surface area contributed by atoms with Crippen molar-refractivity contribution in [2.75, 3.05) is 33.9 Å². The van der Waals surface area contributed by atoms with Gasteiger partial charge >= 0.3 is 6.03 Å². The molecule has 1 saturated heterocycles. The summed E-state index contributed by atoms with van der Waals surface area (Å²) in [5.74, 6) is 1.32. The van der Waals surface area contributed by atoms with Gasteiger partial charge in [0.05, 0.1) is 26.4 Å². The number of methoxy groups -OCH3 is 2. The first-order valence-corrected chi connectivity index (χ1v) is 9.38. The number of rotatable bonds is 7. The first-order valence-electron chi connectivity index (χ1n) is 9.38. The summed E-state index contributed by atoms with van der Waals surface area (Å²) in [6.45, 7) is 11.2. The lowest BCUT2D eigenvalue weighted by Gasteiger charge is -2.45. The number of carbonyl (C=O) groups excluding carboxylic acids is 1. The summed E-state index contributed by atoms with van der Waals surface area (Å²) in [5.41, 5.74) is 0.797. The van der Waals surface area contributed by atoms with Crippen LogP contribution in [0.4, 0.5) is 4.79 Å². The minimum atomic E-state index is -0.188.